The minimum Gasteiger partial charge on any atom is -0.469 e. The van der Waals surface area contributed by atoms with E-state index in [1.165, 1.54) is 17.6 Å². The first-order chi connectivity index (χ1) is 9.45. The highest BCUT2D eigenvalue weighted by Gasteiger charge is 2.19. The quantitative estimate of drug-likeness (QED) is 0.811. The Morgan fingerprint density at radius 3 is 2.80 bits per heavy atom. The second-order valence-corrected chi connectivity index (χ2v) is 6.17. The van der Waals surface area contributed by atoms with Gasteiger partial charge in [0.05, 0.1) is 18.4 Å². The summed E-state index contributed by atoms with van der Waals surface area (Å²) in [7, 11) is 3.35. The molecular formula is C14H19N3O2S. The lowest BCUT2D eigenvalue weighted by atomic mass is 10.1. The van der Waals surface area contributed by atoms with Crippen LogP contribution in [0.2, 0.25) is 0 Å². The summed E-state index contributed by atoms with van der Waals surface area (Å²) in [6, 6.07) is 0. The fourth-order valence-electron chi connectivity index (χ4n) is 2.23. The SMILES string of the molecule is COC(=O)C(C)CN(C)c1ncnc2sc(C)c(C)c12. The van der Waals surface area contributed by atoms with Crippen LogP contribution in [0.4, 0.5) is 5.82 Å². The Morgan fingerprint density at radius 1 is 1.45 bits per heavy atom. The summed E-state index contributed by atoms with van der Waals surface area (Å²) in [4.78, 5) is 24.5. The molecule has 0 saturated heterocycles. The van der Waals surface area contributed by atoms with E-state index in [0.29, 0.717) is 6.54 Å². The van der Waals surface area contributed by atoms with Crippen LogP contribution in [0.1, 0.15) is 17.4 Å². The van der Waals surface area contributed by atoms with Crippen LogP contribution < -0.4 is 4.90 Å². The van der Waals surface area contributed by atoms with E-state index < -0.39 is 0 Å². The fourth-order valence-corrected chi connectivity index (χ4v) is 3.22. The number of nitrogens with zero attached hydrogens (tertiary/aromatic N) is 3. The zero-order valence-electron chi connectivity index (χ0n) is 12.4. The first kappa shape index (κ1) is 14.7. The van der Waals surface area contributed by atoms with Gasteiger partial charge in [-0.25, -0.2) is 9.97 Å². The number of carbonyl (C=O) groups excluding carboxylic acids is 1. The van der Waals surface area contributed by atoms with Crippen LogP contribution in [0.5, 0.6) is 0 Å². The minimum atomic E-state index is -0.208. The molecule has 1 atom stereocenters. The number of ether oxygens (including phenoxy) is 1. The van der Waals surface area contributed by atoms with Crippen molar-refractivity contribution in [2.75, 3.05) is 25.6 Å². The molecule has 2 heterocycles. The highest BCUT2D eigenvalue weighted by Crippen LogP contribution is 2.33. The van der Waals surface area contributed by atoms with Crippen molar-refractivity contribution in [1.29, 1.82) is 0 Å². The van der Waals surface area contributed by atoms with E-state index in [0.717, 1.165) is 16.0 Å². The molecule has 0 spiro atoms. The highest BCUT2D eigenvalue weighted by molar-refractivity contribution is 7.18. The molecule has 1 unspecified atom stereocenters. The summed E-state index contributed by atoms with van der Waals surface area (Å²) >= 11 is 1.67. The molecule has 0 aromatic carbocycles. The molecule has 2 aromatic rings. The normalized spacial score (nSPS) is 12.4. The number of thiophene rings is 1. The average molecular weight is 293 g/mol. The number of hydrogen-bond acceptors (Lipinski definition) is 6. The maximum Gasteiger partial charge on any atom is 0.310 e. The third-order valence-electron chi connectivity index (χ3n) is 3.46. The molecule has 0 aliphatic heterocycles. The van der Waals surface area contributed by atoms with E-state index in [1.54, 1.807) is 17.7 Å². The molecule has 0 radical (unpaired) electrons. The van der Waals surface area contributed by atoms with Gasteiger partial charge in [0.25, 0.3) is 0 Å². The smallest absolute Gasteiger partial charge is 0.310 e. The standard InChI is InChI=1S/C14H19N3O2S/c1-8(14(18)19-5)6-17(4)12-11-9(2)10(3)20-13(11)16-7-15-12/h7-8H,6H2,1-5H3. The lowest BCUT2D eigenvalue weighted by Crippen LogP contribution is -2.30. The molecular weight excluding hydrogens is 274 g/mol. The summed E-state index contributed by atoms with van der Waals surface area (Å²) in [5.41, 5.74) is 1.21. The molecule has 0 amide bonds. The number of anilines is 1. The van der Waals surface area contributed by atoms with Crippen LogP contribution in [0, 0.1) is 19.8 Å². The van der Waals surface area contributed by atoms with Gasteiger partial charge in [0, 0.05) is 18.5 Å². The van der Waals surface area contributed by atoms with Gasteiger partial charge in [0.1, 0.15) is 17.0 Å². The van der Waals surface area contributed by atoms with Crippen molar-refractivity contribution >= 4 is 33.3 Å². The number of esters is 1. The van der Waals surface area contributed by atoms with Crippen LogP contribution in [-0.2, 0) is 9.53 Å². The molecule has 0 bridgehead atoms. The third-order valence-corrected chi connectivity index (χ3v) is 4.57. The molecule has 6 heteroatoms. The molecule has 108 valence electrons. The summed E-state index contributed by atoms with van der Waals surface area (Å²) in [6.45, 7) is 6.58. The van der Waals surface area contributed by atoms with Crippen molar-refractivity contribution in [2.45, 2.75) is 20.8 Å². The lowest BCUT2D eigenvalue weighted by Gasteiger charge is -2.22. The minimum absolute atomic E-state index is 0.199. The zero-order chi connectivity index (χ0) is 14.9. The van der Waals surface area contributed by atoms with Crippen molar-refractivity contribution in [3.63, 3.8) is 0 Å². The molecule has 0 fully saturated rings. The predicted molar refractivity (Wildman–Crippen MR) is 81.3 cm³/mol. The van der Waals surface area contributed by atoms with Gasteiger partial charge >= 0.3 is 5.97 Å². The topological polar surface area (TPSA) is 55.3 Å². The number of fused-ring (bicyclic) bond motifs is 1. The van der Waals surface area contributed by atoms with Gasteiger partial charge in [-0.1, -0.05) is 6.92 Å². The molecule has 0 saturated carbocycles. The van der Waals surface area contributed by atoms with Crippen molar-refractivity contribution < 1.29 is 9.53 Å². The van der Waals surface area contributed by atoms with Crippen LogP contribution >= 0.6 is 11.3 Å². The summed E-state index contributed by atoms with van der Waals surface area (Å²) in [5, 5.41) is 1.08. The molecule has 0 aliphatic rings. The van der Waals surface area contributed by atoms with E-state index >= 15 is 0 Å². The average Bonchev–Trinajstić information content (AvgIpc) is 2.73. The van der Waals surface area contributed by atoms with E-state index in [1.807, 2.05) is 18.9 Å². The van der Waals surface area contributed by atoms with Crippen LogP contribution in [0.3, 0.4) is 0 Å². The second-order valence-electron chi connectivity index (χ2n) is 4.97. The van der Waals surface area contributed by atoms with Crippen molar-refractivity contribution in [3.8, 4) is 0 Å². The Bertz CT molecular complexity index is 639. The Hall–Kier alpha value is -1.69. The summed E-state index contributed by atoms with van der Waals surface area (Å²) < 4.78 is 4.77. The van der Waals surface area contributed by atoms with Crippen molar-refractivity contribution in [3.05, 3.63) is 16.8 Å². The molecule has 2 aromatic heterocycles. The predicted octanol–water partition coefficient (Wildman–Crippen LogP) is 2.55. The first-order valence-electron chi connectivity index (χ1n) is 6.45. The van der Waals surface area contributed by atoms with Crippen LogP contribution in [-0.4, -0.2) is 36.6 Å². The number of hydrogen-bond donors (Lipinski definition) is 0. The van der Waals surface area contributed by atoms with Gasteiger partial charge in [-0.15, -0.1) is 11.3 Å². The van der Waals surface area contributed by atoms with Crippen molar-refractivity contribution in [1.82, 2.24) is 9.97 Å². The van der Waals surface area contributed by atoms with E-state index in [2.05, 4.69) is 23.8 Å². The number of aryl methyl sites for hydroxylation is 2. The molecule has 5 nitrogen and oxygen atoms in total. The van der Waals surface area contributed by atoms with E-state index in [-0.39, 0.29) is 11.9 Å². The largest absolute Gasteiger partial charge is 0.469 e. The number of methoxy groups -OCH3 is 1. The Labute approximate surface area is 122 Å². The number of carbonyl (C=O) groups is 1. The monoisotopic (exact) mass is 293 g/mol. The summed E-state index contributed by atoms with van der Waals surface area (Å²) in [6.07, 6.45) is 1.58. The summed E-state index contributed by atoms with van der Waals surface area (Å²) in [5.74, 6) is 0.461. The van der Waals surface area contributed by atoms with Gasteiger partial charge in [-0.05, 0) is 19.4 Å². The van der Waals surface area contributed by atoms with Gasteiger partial charge in [0.15, 0.2) is 0 Å². The number of aromatic nitrogens is 2. The molecule has 20 heavy (non-hydrogen) atoms. The zero-order valence-corrected chi connectivity index (χ0v) is 13.2. The molecule has 2 rings (SSSR count). The highest BCUT2D eigenvalue weighted by atomic mass is 32.1. The maximum atomic E-state index is 11.5. The lowest BCUT2D eigenvalue weighted by molar-refractivity contribution is -0.144. The maximum absolute atomic E-state index is 11.5. The van der Waals surface area contributed by atoms with Gasteiger partial charge in [0.2, 0.25) is 0 Å². The fraction of sp³-hybridized carbons (Fsp3) is 0.500. The first-order valence-corrected chi connectivity index (χ1v) is 7.27. The number of rotatable bonds is 4. The van der Waals surface area contributed by atoms with Gasteiger partial charge < -0.3 is 9.64 Å². The van der Waals surface area contributed by atoms with Gasteiger partial charge in [-0.2, -0.15) is 0 Å². The Morgan fingerprint density at radius 2 is 2.15 bits per heavy atom. The second kappa shape index (κ2) is 5.75. The van der Waals surface area contributed by atoms with Gasteiger partial charge in [-0.3, -0.25) is 4.79 Å². The van der Waals surface area contributed by atoms with Crippen LogP contribution in [0.15, 0.2) is 6.33 Å². The van der Waals surface area contributed by atoms with E-state index in [9.17, 15) is 4.79 Å². The Balaban J connectivity index is 2.35. The van der Waals surface area contributed by atoms with Crippen LogP contribution in [0.25, 0.3) is 10.2 Å². The molecule has 0 N–H and O–H groups in total. The van der Waals surface area contributed by atoms with Crippen molar-refractivity contribution in [2.24, 2.45) is 5.92 Å². The molecule has 0 aliphatic carbocycles. The third kappa shape index (κ3) is 2.60. The van der Waals surface area contributed by atoms with E-state index in [4.69, 9.17) is 4.74 Å². The Kier molecular flexibility index (Phi) is 4.23.